The number of likely N-dealkylation sites (tertiary alicyclic amines) is 1. The molecule has 2 aromatic rings. The summed E-state index contributed by atoms with van der Waals surface area (Å²) in [5.41, 5.74) is 8.32. The molecule has 0 saturated carbocycles. The molecule has 1 saturated heterocycles. The second-order valence-corrected chi connectivity index (χ2v) is 6.46. The normalized spacial score (nSPS) is 15.4. The molecule has 0 atom stereocenters. The highest BCUT2D eigenvalue weighted by Gasteiger charge is 2.10. The minimum atomic E-state index is 0. The molecule has 0 unspecified atom stereocenters. The summed E-state index contributed by atoms with van der Waals surface area (Å²) in [5, 5.41) is 3.93. The van der Waals surface area contributed by atoms with Crippen LogP contribution in [0.15, 0.2) is 33.8 Å². The van der Waals surface area contributed by atoms with E-state index in [-0.39, 0.29) is 24.0 Å². The zero-order chi connectivity index (χ0) is 17.5. The third kappa shape index (κ3) is 5.69. The van der Waals surface area contributed by atoms with Gasteiger partial charge in [-0.05, 0) is 37.0 Å². The first kappa shape index (κ1) is 20.7. The summed E-state index contributed by atoms with van der Waals surface area (Å²) in [7, 11) is 0. The van der Waals surface area contributed by atoms with Gasteiger partial charge in [0.25, 0.3) is 5.89 Å². The maximum atomic E-state index is 6.15. The van der Waals surface area contributed by atoms with E-state index in [0.29, 0.717) is 18.4 Å². The van der Waals surface area contributed by atoms with Crippen LogP contribution in [-0.2, 0) is 12.8 Å². The number of rotatable bonds is 5. The minimum absolute atomic E-state index is 0. The Morgan fingerprint density at radius 2 is 1.85 bits per heavy atom. The van der Waals surface area contributed by atoms with Gasteiger partial charge in [0.05, 0.1) is 0 Å². The van der Waals surface area contributed by atoms with Gasteiger partial charge in [0.1, 0.15) is 0 Å². The van der Waals surface area contributed by atoms with Crippen molar-refractivity contribution < 1.29 is 4.52 Å². The van der Waals surface area contributed by atoms with E-state index in [1.807, 2.05) is 19.1 Å². The van der Waals surface area contributed by atoms with Crippen molar-refractivity contribution in [1.82, 2.24) is 15.0 Å². The van der Waals surface area contributed by atoms with Crippen LogP contribution in [0.5, 0.6) is 0 Å². The predicted molar refractivity (Wildman–Crippen MR) is 115 cm³/mol. The fourth-order valence-corrected chi connectivity index (χ4v) is 3.03. The van der Waals surface area contributed by atoms with Gasteiger partial charge in [-0.3, -0.25) is 4.99 Å². The Morgan fingerprint density at radius 3 is 2.46 bits per heavy atom. The Balaban J connectivity index is 0.00000243. The van der Waals surface area contributed by atoms with E-state index in [9.17, 15) is 0 Å². The number of aliphatic imine (C=N–C) groups is 1. The summed E-state index contributed by atoms with van der Waals surface area (Å²) < 4.78 is 5.27. The first-order chi connectivity index (χ1) is 12.3. The van der Waals surface area contributed by atoms with E-state index in [0.717, 1.165) is 37.3 Å². The van der Waals surface area contributed by atoms with Crippen LogP contribution in [0, 0.1) is 0 Å². The SMILES string of the molecule is CCc1noc(-c2ccc(CCN=C(N)N3CCCCCC3)cc2)n1.I. The molecular weight excluding hydrogens is 441 g/mol. The van der Waals surface area contributed by atoms with Crippen LogP contribution in [0.25, 0.3) is 11.5 Å². The summed E-state index contributed by atoms with van der Waals surface area (Å²) in [6, 6.07) is 8.21. The molecule has 1 aliphatic rings. The molecular formula is C19H28IN5O. The number of benzene rings is 1. The summed E-state index contributed by atoms with van der Waals surface area (Å²) in [5.74, 6) is 2.00. The zero-order valence-corrected chi connectivity index (χ0v) is 17.7. The van der Waals surface area contributed by atoms with Gasteiger partial charge in [0.2, 0.25) is 0 Å². The number of halogens is 1. The molecule has 1 aromatic heterocycles. The van der Waals surface area contributed by atoms with Gasteiger partial charge in [0.15, 0.2) is 11.8 Å². The first-order valence-corrected chi connectivity index (χ1v) is 9.23. The van der Waals surface area contributed by atoms with Gasteiger partial charge < -0.3 is 15.2 Å². The van der Waals surface area contributed by atoms with Crippen LogP contribution >= 0.6 is 24.0 Å². The summed E-state index contributed by atoms with van der Waals surface area (Å²) in [4.78, 5) is 11.1. The number of nitrogens with zero attached hydrogens (tertiary/aromatic N) is 4. The molecule has 0 radical (unpaired) electrons. The standard InChI is InChI=1S/C19H27N5O.HI/c1-2-17-22-18(25-23-17)16-9-7-15(8-10-16)11-12-21-19(20)24-13-5-3-4-6-14-24;/h7-10H,2-6,11-14H2,1H3,(H2,20,21);1H. The minimum Gasteiger partial charge on any atom is -0.370 e. The highest BCUT2D eigenvalue weighted by atomic mass is 127. The molecule has 2 N–H and O–H groups in total. The highest BCUT2D eigenvalue weighted by Crippen LogP contribution is 2.18. The predicted octanol–water partition coefficient (Wildman–Crippen LogP) is 3.65. The molecule has 1 aliphatic heterocycles. The van der Waals surface area contributed by atoms with Crippen LogP contribution in [0.2, 0.25) is 0 Å². The Morgan fingerprint density at radius 1 is 1.15 bits per heavy atom. The van der Waals surface area contributed by atoms with E-state index >= 15 is 0 Å². The average molecular weight is 469 g/mol. The van der Waals surface area contributed by atoms with Gasteiger partial charge in [-0.1, -0.05) is 37.1 Å². The summed E-state index contributed by atoms with van der Waals surface area (Å²) >= 11 is 0. The van der Waals surface area contributed by atoms with Crippen LogP contribution in [0.1, 0.15) is 44.0 Å². The van der Waals surface area contributed by atoms with Gasteiger partial charge in [-0.25, -0.2) is 0 Å². The molecule has 1 aromatic carbocycles. The fourth-order valence-electron chi connectivity index (χ4n) is 3.03. The largest absolute Gasteiger partial charge is 0.370 e. The molecule has 6 nitrogen and oxygen atoms in total. The maximum Gasteiger partial charge on any atom is 0.257 e. The van der Waals surface area contributed by atoms with Gasteiger partial charge in [-0.2, -0.15) is 4.98 Å². The molecule has 7 heteroatoms. The second-order valence-electron chi connectivity index (χ2n) is 6.46. The third-order valence-corrected chi connectivity index (χ3v) is 4.59. The number of guanidine groups is 1. The molecule has 0 aliphatic carbocycles. The smallest absolute Gasteiger partial charge is 0.257 e. The molecule has 0 bridgehead atoms. The molecule has 3 rings (SSSR count). The Labute approximate surface area is 172 Å². The van der Waals surface area contributed by atoms with E-state index in [1.54, 1.807) is 0 Å². The lowest BCUT2D eigenvalue weighted by molar-refractivity contribution is 0.423. The topological polar surface area (TPSA) is 80.5 Å². The fraction of sp³-hybridized carbons (Fsp3) is 0.526. The Bertz CT molecular complexity index is 690. The van der Waals surface area contributed by atoms with Crippen LogP contribution in [0.4, 0.5) is 0 Å². The number of aromatic nitrogens is 2. The van der Waals surface area contributed by atoms with Crippen LogP contribution in [0.3, 0.4) is 0 Å². The molecule has 26 heavy (non-hydrogen) atoms. The van der Waals surface area contributed by atoms with Crippen LogP contribution in [-0.4, -0.2) is 40.6 Å². The quantitative estimate of drug-likeness (QED) is 0.411. The van der Waals surface area contributed by atoms with Crippen molar-refractivity contribution in [2.75, 3.05) is 19.6 Å². The monoisotopic (exact) mass is 469 g/mol. The molecule has 2 heterocycles. The van der Waals surface area contributed by atoms with Crippen molar-refractivity contribution in [3.63, 3.8) is 0 Å². The van der Waals surface area contributed by atoms with Crippen molar-refractivity contribution in [3.05, 3.63) is 35.7 Å². The van der Waals surface area contributed by atoms with E-state index in [4.69, 9.17) is 10.3 Å². The summed E-state index contributed by atoms with van der Waals surface area (Å²) in [6.07, 6.45) is 6.68. The molecule has 0 spiro atoms. The second kappa shape index (κ2) is 10.5. The van der Waals surface area contributed by atoms with Crippen molar-refractivity contribution >= 4 is 29.9 Å². The van der Waals surface area contributed by atoms with E-state index in [1.165, 1.54) is 31.2 Å². The lowest BCUT2D eigenvalue weighted by Gasteiger charge is -2.21. The van der Waals surface area contributed by atoms with E-state index in [2.05, 4.69) is 32.2 Å². The third-order valence-electron chi connectivity index (χ3n) is 4.59. The highest BCUT2D eigenvalue weighted by molar-refractivity contribution is 14.0. The van der Waals surface area contributed by atoms with E-state index < -0.39 is 0 Å². The van der Waals surface area contributed by atoms with Crippen LogP contribution < -0.4 is 5.73 Å². The van der Waals surface area contributed by atoms with Crippen molar-refractivity contribution in [3.8, 4) is 11.5 Å². The number of hydrogen-bond donors (Lipinski definition) is 1. The number of hydrogen-bond acceptors (Lipinski definition) is 4. The molecule has 142 valence electrons. The molecule has 0 amide bonds. The molecule has 1 fully saturated rings. The van der Waals surface area contributed by atoms with Crippen molar-refractivity contribution in [2.24, 2.45) is 10.7 Å². The Kier molecular flexibility index (Phi) is 8.34. The Hall–Kier alpha value is -1.64. The average Bonchev–Trinajstić information content (AvgIpc) is 2.96. The zero-order valence-electron chi connectivity index (χ0n) is 15.4. The van der Waals surface area contributed by atoms with Crippen molar-refractivity contribution in [2.45, 2.75) is 45.4 Å². The first-order valence-electron chi connectivity index (χ1n) is 9.23. The lowest BCUT2D eigenvalue weighted by atomic mass is 10.1. The number of nitrogens with two attached hydrogens (primary N) is 1. The van der Waals surface area contributed by atoms with Gasteiger partial charge in [-0.15, -0.1) is 24.0 Å². The summed E-state index contributed by atoms with van der Waals surface area (Å²) in [6.45, 7) is 4.79. The van der Waals surface area contributed by atoms with Crippen molar-refractivity contribution in [1.29, 1.82) is 0 Å². The maximum absolute atomic E-state index is 6.15. The number of aryl methyl sites for hydroxylation is 1. The van der Waals surface area contributed by atoms with Gasteiger partial charge in [0, 0.05) is 31.6 Å². The van der Waals surface area contributed by atoms with Gasteiger partial charge >= 0.3 is 0 Å². The lowest BCUT2D eigenvalue weighted by Crippen LogP contribution is -2.38.